The molecule has 0 amide bonds. The van der Waals surface area contributed by atoms with Crippen molar-refractivity contribution in [1.29, 1.82) is 0 Å². The number of phenolic OH excluding ortho intramolecular Hbond substituents is 1. The van der Waals surface area contributed by atoms with Gasteiger partial charge in [-0.3, -0.25) is 4.79 Å². The van der Waals surface area contributed by atoms with E-state index in [0.717, 1.165) is 17.7 Å². The summed E-state index contributed by atoms with van der Waals surface area (Å²) in [5.74, 6) is 0.586. The van der Waals surface area contributed by atoms with Crippen LogP contribution in [-0.4, -0.2) is 36.7 Å². The summed E-state index contributed by atoms with van der Waals surface area (Å²) in [5, 5.41) is 10.1. The molecule has 1 N–H and O–H groups in total. The lowest BCUT2D eigenvalue weighted by atomic mass is 9.97. The Balaban J connectivity index is 2.54. The second-order valence-electron chi connectivity index (χ2n) is 4.46. The number of benzene rings is 1. The molecule has 18 heavy (non-hydrogen) atoms. The maximum Gasteiger partial charge on any atom is 0.308 e. The third-order valence-corrected chi connectivity index (χ3v) is 3.09. The average Bonchev–Trinajstić information content (AvgIpc) is 2.32. The molecule has 1 aromatic rings. The number of carbonyl (C=O) groups is 1. The van der Waals surface area contributed by atoms with Crippen LogP contribution >= 0.6 is 0 Å². The van der Waals surface area contributed by atoms with Gasteiger partial charge in [0.2, 0.25) is 0 Å². The van der Waals surface area contributed by atoms with E-state index in [2.05, 4.69) is 4.90 Å². The van der Waals surface area contributed by atoms with E-state index in [9.17, 15) is 9.90 Å². The van der Waals surface area contributed by atoms with E-state index >= 15 is 0 Å². The van der Waals surface area contributed by atoms with Gasteiger partial charge >= 0.3 is 5.97 Å². The number of methoxy groups -OCH3 is 1. The van der Waals surface area contributed by atoms with Gasteiger partial charge in [0.15, 0.2) is 11.5 Å². The third kappa shape index (κ3) is 2.26. The zero-order valence-electron chi connectivity index (χ0n) is 10.8. The van der Waals surface area contributed by atoms with Gasteiger partial charge in [-0.2, -0.15) is 0 Å². The monoisotopic (exact) mass is 251 g/mol. The minimum Gasteiger partial charge on any atom is -0.504 e. The number of hydrogen-bond acceptors (Lipinski definition) is 5. The first-order valence-corrected chi connectivity index (χ1v) is 5.81. The molecule has 5 nitrogen and oxygen atoms in total. The Labute approximate surface area is 106 Å². The highest BCUT2D eigenvalue weighted by Gasteiger charge is 2.24. The summed E-state index contributed by atoms with van der Waals surface area (Å²) in [6, 6.07) is 1.56. The number of esters is 1. The summed E-state index contributed by atoms with van der Waals surface area (Å²) in [7, 11) is 3.47. The highest BCUT2D eigenvalue weighted by molar-refractivity contribution is 5.71. The van der Waals surface area contributed by atoms with E-state index in [1.54, 1.807) is 6.07 Å². The molecular weight excluding hydrogens is 234 g/mol. The first-order valence-electron chi connectivity index (χ1n) is 5.81. The van der Waals surface area contributed by atoms with Crippen LogP contribution in [0.15, 0.2) is 6.07 Å². The van der Waals surface area contributed by atoms with E-state index in [1.807, 2.05) is 7.05 Å². The summed E-state index contributed by atoms with van der Waals surface area (Å²) in [6.45, 7) is 2.86. The molecule has 0 aliphatic carbocycles. The van der Waals surface area contributed by atoms with Crippen LogP contribution in [0.3, 0.4) is 0 Å². The van der Waals surface area contributed by atoms with Gasteiger partial charge in [-0.05, 0) is 13.5 Å². The topological polar surface area (TPSA) is 59.0 Å². The molecule has 2 rings (SSSR count). The molecule has 0 fully saturated rings. The van der Waals surface area contributed by atoms with Crippen molar-refractivity contribution in [3.8, 4) is 17.2 Å². The third-order valence-electron chi connectivity index (χ3n) is 3.09. The summed E-state index contributed by atoms with van der Waals surface area (Å²) in [5.41, 5.74) is 1.67. The van der Waals surface area contributed by atoms with Crippen molar-refractivity contribution in [3.63, 3.8) is 0 Å². The van der Waals surface area contributed by atoms with Crippen molar-refractivity contribution in [2.75, 3.05) is 20.7 Å². The van der Waals surface area contributed by atoms with Gasteiger partial charge in [-0.1, -0.05) is 0 Å². The molecule has 5 heteroatoms. The number of fused-ring (bicyclic) bond motifs is 1. The second-order valence-corrected chi connectivity index (χ2v) is 4.46. The molecule has 0 unspecified atom stereocenters. The summed E-state index contributed by atoms with van der Waals surface area (Å²) >= 11 is 0. The fraction of sp³-hybridized carbons (Fsp3) is 0.462. The molecule has 98 valence electrons. The summed E-state index contributed by atoms with van der Waals surface area (Å²) in [4.78, 5) is 13.2. The SMILES string of the molecule is COc1cc(OC(C)=O)c2c(c1O)CCN(C)C2. The van der Waals surface area contributed by atoms with Crippen molar-refractivity contribution < 1.29 is 19.4 Å². The molecule has 1 aliphatic heterocycles. The fourth-order valence-corrected chi connectivity index (χ4v) is 2.21. The maximum absolute atomic E-state index is 11.1. The largest absolute Gasteiger partial charge is 0.504 e. The molecule has 0 saturated carbocycles. The van der Waals surface area contributed by atoms with Crippen LogP contribution < -0.4 is 9.47 Å². The molecule has 1 aliphatic rings. The minimum absolute atomic E-state index is 0.150. The number of likely N-dealkylation sites (N-methyl/N-ethyl adjacent to an activating group) is 1. The number of nitrogens with zero attached hydrogens (tertiary/aromatic N) is 1. The van der Waals surface area contributed by atoms with Crippen molar-refractivity contribution in [2.24, 2.45) is 0 Å². The molecule has 0 aromatic heterocycles. The van der Waals surface area contributed by atoms with Crippen LogP contribution in [0, 0.1) is 0 Å². The fourth-order valence-electron chi connectivity index (χ4n) is 2.21. The van der Waals surface area contributed by atoms with Gasteiger partial charge < -0.3 is 19.5 Å². The Bertz CT molecular complexity index is 484. The minimum atomic E-state index is -0.377. The van der Waals surface area contributed by atoms with E-state index in [1.165, 1.54) is 14.0 Å². The molecule has 0 spiro atoms. The molecule has 0 atom stereocenters. The Morgan fingerprint density at radius 3 is 2.72 bits per heavy atom. The van der Waals surface area contributed by atoms with Gasteiger partial charge in [-0.25, -0.2) is 0 Å². The van der Waals surface area contributed by atoms with Crippen LogP contribution in [0.1, 0.15) is 18.1 Å². The number of aromatic hydroxyl groups is 1. The van der Waals surface area contributed by atoms with Crippen LogP contribution in [0.2, 0.25) is 0 Å². The standard InChI is InChI=1S/C13H17NO4/c1-8(15)18-11-6-12(17-3)13(16)9-4-5-14(2)7-10(9)11/h6,16H,4-5,7H2,1-3H3. The van der Waals surface area contributed by atoms with E-state index in [-0.39, 0.29) is 11.7 Å². The summed E-state index contributed by atoms with van der Waals surface area (Å²) in [6.07, 6.45) is 0.711. The quantitative estimate of drug-likeness (QED) is 0.634. The van der Waals surface area contributed by atoms with Gasteiger partial charge in [0.1, 0.15) is 5.75 Å². The second kappa shape index (κ2) is 4.86. The van der Waals surface area contributed by atoms with Crippen LogP contribution in [-0.2, 0) is 17.8 Å². The number of hydrogen-bond donors (Lipinski definition) is 1. The first kappa shape index (κ1) is 12.7. The van der Waals surface area contributed by atoms with Gasteiger partial charge in [0.25, 0.3) is 0 Å². The van der Waals surface area contributed by atoms with E-state index in [4.69, 9.17) is 9.47 Å². The van der Waals surface area contributed by atoms with Crippen LogP contribution in [0.5, 0.6) is 17.2 Å². The van der Waals surface area contributed by atoms with Gasteiger partial charge in [0.05, 0.1) is 7.11 Å². The zero-order chi connectivity index (χ0) is 13.3. The Hall–Kier alpha value is -1.75. The average molecular weight is 251 g/mol. The normalized spacial score (nSPS) is 15.1. The van der Waals surface area contributed by atoms with Crippen LogP contribution in [0.25, 0.3) is 0 Å². The highest BCUT2D eigenvalue weighted by atomic mass is 16.5. The van der Waals surface area contributed by atoms with Crippen LogP contribution in [0.4, 0.5) is 0 Å². The lowest BCUT2D eigenvalue weighted by molar-refractivity contribution is -0.131. The van der Waals surface area contributed by atoms with E-state index in [0.29, 0.717) is 24.5 Å². The molecule has 0 bridgehead atoms. The Morgan fingerprint density at radius 1 is 1.39 bits per heavy atom. The molecule has 1 aromatic carbocycles. The smallest absolute Gasteiger partial charge is 0.308 e. The first-order chi connectivity index (χ1) is 8.52. The van der Waals surface area contributed by atoms with Crippen molar-refractivity contribution in [3.05, 3.63) is 17.2 Å². The number of ether oxygens (including phenoxy) is 2. The number of phenols is 1. The predicted octanol–water partition coefficient (Wildman–Crippen LogP) is 1.31. The Morgan fingerprint density at radius 2 is 2.11 bits per heavy atom. The Kier molecular flexibility index (Phi) is 3.43. The maximum atomic E-state index is 11.1. The number of carbonyl (C=O) groups excluding carboxylic acids is 1. The lowest BCUT2D eigenvalue weighted by Crippen LogP contribution is -2.27. The number of rotatable bonds is 2. The lowest BCUT2D eigenvalue weighted by Gasteiger charge is -2.27. The molecule has 0 saturated heterocycles. The van der Waals surface area contributed by atoms with Gasteiger partial charge in [0, 0.05) is 37.2 Å². The van der Waals surface area contributed by atoms with Gasteiger partial charge in [-0.15, -0.1) is 0 Å². The molecule has 1 heterocycles. The summed E-state index contributed by atoms with van der Waals surface area (Å²) < 4.78 is 10.3. The van der Waals surface area contributed by atoms with Crippen molar-refractivity contribution >= 4 is 5.97 Å². The molecular formula is C13H17NO4. The predicted molar refractivity (Wildman–Crippen MR) is 66.0 cm³/mol. The molecule has 0 radical (unpaired) electrons. The van der Waals surface area contributed by atoms with E-state index < -0.39 is 0 Å². The van der Waals surface area contributed by atoms with Crippen molar-refractivity contribution in [1.82, 2.24) is 4.90 Å². The highest BCUT2D eigenvalue weighted by Crippen LogP contribution is 2.41. The zero-order valence-corrected chi connectivity index (χ0v) is 10.8. The van der Waals surface area contributed by atoms with Crippen molar-refractivity contribution in [2.45, 2.75) is 19.9 Å².